The molecule has 3 heterocycles. The average Bonchev–Trinajstić information content (AvgIpc) is 3.30. The van der Waals surface area contributed by atoms with Crippen LogP contribution in [-0.4, -0.2) is 19.6 Å². The summed E-state index contributed by atoms with van der Waals surface area (Å²) in [7, 11) is 0. The molecule has 0 aliphatic carbocycles. The third kappa shape index (κ3) is 3.89. The third-order valence-corrected chi connectivity index (χ3v) is 5.78. The van der Waals surface area contributed by atoms with E-state index in [1.807, 2.05) is 25.3 Å². The van der Waals surface area contributed by atoms with Gasteiger partial charge >= 0.3 is 0 Å². The minimum absolute atomic E-state index is 0.310. The lowest BCUT2D eigenvalue weighted by molar-refractivity contribution is 0.626. The third-order valence-electron chi connectivity index (χ3n) is 5.47. The Morgan fingerprint density at radius 3 is 2.76 bits per heavy atom. The lowest BCUT2D eigenvalue weighted by atomic mass is 10.1. The highest BCUT2D eigenvalue weighted by Crippen LogP contribution is 2.28. The highest BCUT2D eigenvalue weighted by Gasteiger charge is 2.21. The van der Waals surface area contributed by atoms with E-state index in [1.165, 1.54) is 16.8 Å². The number of anilines is 2. The molecule has 5 rings (SSSR count). The smallest absolute Gasteiger partial charge is 0.281 e. The molecule has 33 heavy (non-hydrogen) atoms. The van der Waals surface area contributed by atoms with Crippen molar-refractivity contribution in [3.05, 3.63) is 94.0 Å². The van der Waals surface area contributed by atoms with Gasteiger partial charge in [-0.05, 0) is 55.0 Å². The van der Waals surface area contributed by atoms with Crippen LogP contribution in [-0.2, 0) is 0 Å². The largest absolute Gasteiger partial charge is 0.374 e. The molecule has 0 saturated carbocycles. The molecular weight excluding hydrogens is 443 g/mol. The monoisotopic (exact) mass is 462 g/mol. The van der Waals surface area contributed by atoms with Gasteiger partial charge in [-0.1, -0.05) is 24.6 Å². The van der Waals surface area contributed by atoms with Crippen LogP contribution < -0.4 is 16.3 Å². The SMILES string of the molecule is CCC(Nc1ccnc2[nH]ccc12)c1nc2cccc(Cl)c2c(=O)n1Nc1ccc(F)cc1. The number of rotatable bonds is 6. The maximum atomic E-state index is 13.5. The molecule has 0 bridgehead atoms. The summed E-state index contributed by atoms with van der Waals surface area (Å²) in [6, 6.07) is 14.4. The Labute approximate surface area is 193 Å². The normalized spacial score (nSPS) is 12.2. The number of pyridine rings is 1. The van der Waals surface area contributed by atoms with E-state index in [1.54, 1.807) is 36.5 Å². The minimum atomic E-state index is -0.367. The first kappa shape index (κ1) is 21.0. The van der Waals surface area contributed by atoms with Crippen LogP contribution >= 0.6 is 11.6 Å². The van der Waals surface area contributed by atoms with Crippen LogP contribution in [0.15, 0.2) is 71.8 Å². The Morgan fingerprint density at radius 1 is 1.15 bits per heavy atom. The van der Waals surface area contributed by atoms with Gasteiger partial charge in [0.1, 0.15) is 11.5 Å². The van der Waals surface area contributed by atoms with Crippen LogP contribution in [0.4, 0.5) is 15.8 Å². The van der Waals surface area contributed by atoms with Crippen molar-refractivity contribution < 1.29 is 4.39 Å². The number of H-pyrrole nitrogens is 1. The lowest BCUT2D eigenvalue weighted by Crippen LogP contribution is -2.34. The maximum absolute atomic E-state index is 13.5. The molecule has 0 spiro atoms. The highest BCUT2D eigenvalue weighted by molar-refractivity contribution is 6.35. The van der Waals surface area contributed by atoms with Gasteiger partial charge in [0.25, 0.3) is 5.56 Å². The van der Waals surface area contributed by atoms with Crippen molar-refractivity contribution in [1.82, 2.24) is 19.6 Å². The standard InChI is InChI=1S/C24H20ClFN6O/c1-2-18(29-19-11-13-28-22-16(19)10-12-27-22)23-30-20-5-3-4-17(25)21(20)24(33)32(23)31-15-8-6-14(26)7-9-15/h3-13,18,31H,2H2,1H3,(H2,27,28,29). The predicted molar refractivity (Wildman–Crippen MR) is 129 cm³/mol. The van der Waals surface area contributed by atoms with Crippen LogP contribution in [0.1, 0.15) is 25.2 Å². The van der Waals surface area contributed by atoms with Crippen LogP contribution in [0.3, 0.4) is 0 Å². The lowest BCUT2D eigenvalue weighted by Gasteiger charge is -2.23. The second kappa shape index (κ2) is 8.55. The zero-order valence-corrected chi connectivity index (χ0v) is 18.4. The number of aromatic nitrogens is 4. The number of halogens is 2. The molecular formula is C24H20ClFN6O. The van der Waals surface area contributed by atoms with Gasteiger partial charge in [0.15, 0.2) is 5.82 Å². The fraction of sp³-hybridized carbons (Fsp3) is 0.125. The van der Waals surface area contributed by atoms with E-state index >= 15 is 0 Å². The zero-order valence-electron chi connectivity index (χ0n) is 17.6. The molecule has 5 aromatic rings. The molecule has 3 aromatic heterocycles. The first-order chi connectivity index (χ1) is 16.0. The predicted octanol–water partition coefficient (Wildman–Crippen LogP) is 5.50. The van der Waals surface area contributed by atoms with E-state index in [9.17, 15) is 9.18 Å². The summed E-state index contributed by atoms with van der Waals surface area (Å²) >= 11 is 6.35. The van der Waals surface area contributed by atoms with Gasteiger partial charge in [0, 0.05) is 23.5 Å². The highest BCUT2D eigenvalue weighted by atomic mass is 35.5. The van der Waals surface area contributed by atoms with Crippen LogP contribution in [0.5, 0.6) is 0 Å². The number of fused-ring (bicyclic) bond motifs is 2. The summed E-state index contributed by atoms with van der Waals surface area (Å²) in [4.78, 5) is 25.8. The first-order valence-corrected chi connectivity index (χ1v) is 10.9. The topological polar surface area (TPSA) is 87.6 Å². The molecule has 0 amide bonds. The van der Waals surface area contributed by atoms with Gasteiger partial charge in [-0.15, -0.1) is 0 Å². The fourth-order valence-electron chi connectivity index (χ4n) is 3.83. The first-order valence-electron chi connectivity index (χ1n) is 10.5. The quantitative estimate of drug-likeness (QED) is 0.310. The zero-order chi connectivity index (χ0) is 22.9. The van der Waals surface area contributed by atoms with Crippen molar-refractivity contribution >= 4 is 44.9 Å². The van der Waals surface area contributed by atoms with E-state index < -0.39 is 0 Å². The molecule has 0 fully saturated rings. The number of aromatic amines is 1. The van der Waals surface area contributed by atoms with Crippen LogP contribution in [0.25, 0.3) is 21.9 Å². The Morgan fingerprint density at radius 2 is 1.97 bits per heavy atom. The van der Waals surface area contributed by atoms with E-state index in [4.69, 9.17) is 16.6 Å². The summed E-state index contributed by atoms with van der Waals surface area (Å²) in [5.74, 6) is 0.108. The fourth-order valence-corrected chi connectivity index (χ4v) is 4.08. The van der Waals surface area contributed by atoms with Crippen molar-refractivity contribution in [2.24, 2.45) is 0 Å². The summed E-state index contributed by atoms with van der Waals surface area (Å²) < 4.78 is 14.8. The molecule has 2 aromatic carbocycles. The van der Waals surface area contributed by atoms with Crippen LogP contribution in [0.2, 0.25) is 5.02 Å². The van der Waals surface area contributed by atoms with E-state index in [0.29, 0.717) is 33.9 Å². The molecule has 1 unspecified atom stereocenters. The molecule has 9 heteroatoms. The molecule has 3 N–H and O–H groups in total. The molecule has 7 nitrogen and oxygen atoms in total. The molecule has 0 radical (unpaired) electrons. The van der Waals surface area contributed by atoms with Gasteiger partial charge in [0.05, 0.1) is 27.7 Å². The number of nitrogens with zero attached hydrogens (tertiary/aromatic N) is 3. The molecule has 0 saturated heterocycles. The van der Waals surface area contributed by atoms with Crippen molar-refractivity contribution in [1.29, 1.82) is 0 Å². The van der Waals surface area contributed by atoms with E-state index in [2.05, 4.69) is 20.7 Å². The second-order valence-corrected chi connectivity index (χ2v) is 7.97. The Hall–Kier alpha value is -3.91. The molecule has 166 valence electrons. The summed E-state index contributed by atoms with van der Waals surface area (Å²) in [5.41, 5.74) is 5.40. The molecule has 0 aliphatic heterocycles. The molecule has 1 atom stereocenters. The minimum Gasteiger partial charge on any atom is -0.374 e. The number of benzene rings is 2. The van der Waals surface area contributed by atoms with Gasteiger partial charge in [-0.3, -0.25) is 10.2 Å². The van der Waals surface area contributed by atoms with E-state index in [-0.39, 0.29) is 17.4 Å². The van der Waals surface area contributed by atoms with Crippen molar-refractivity contribution in [2.45, 2.75) is 19.4 Å². The molecule has 0 aliphatic rings. The maximum Gasteiger partial charge on any atom is 0.281 e. The van der Waals surface area contributed by atoms with E-state index in [0.717, 1.165) is 16.7 Å². The van der Waals surface area contributed by atoms with Crippen molar-refractivity contribution in [2.75, 3.05) is 10.7 Å². The number of hydrogen-bond acceptors (Lipinski definition) is 5. The van der Waals surface area contributed by atoms with Gasteiger partial charge in [-0.25, -0.2) is 19.0 Å². The summed E-state index contributed by atoms with van der Waals surface area (Å²) in [6.07, 6.45) is 4.18. The Balaban J connectivity index is 1.66. The number of hydrogen-bond donors (Lipinski definition) is 3. The van der Waals surface area contributed by atoms with Crippen molar-refractivity contribution in [3.63, 3.8) is 0 Å². The van der Waals surface area contributed by atoms with Crippen LogP contribution in [0, 0.1) is 5.82 Å². The summed E-state index contributed by atoms with van der Waals surface area (Å²) in [6.45, 7) is 2.00. The van der Waals surface area contributed by atoms with Gasteiger partial charge in [-0.2, -0.15) is 0 Å². The number of nitrogens with one attached hydrogen (secondary N) is 3. The summed E-state index contributed by atoms with van der Waals surface area (Å²) in [5, 5.41) is 5.06. The second-order valence-electron chi connectivity index (χ2n) is 7.57. The van der Waals surface area contributed by atoms with Gasteiger partial charge < -0.3 is 10.3 Å². The van der Waals surface area contributed by atoms with Gasteiger partial charge in [0.2, 0.25) is 0 Å². The van der Waals surface area contributed by atoms with Crippen molar-refractivity contribution in [3.8, 4) is 0 Å². The average molecular weight is 463 g/mol. The Bertz CT molecular complexity index is 1510. The Kier molecular flexibility index (Phi) is 5.43.